The molecule has 8 heteroatoms. The average Bonchev–Trinajstić information content (AvgIpc) is 3.21. The van der Waals surface area contributed by atoms with Crippen LogP contribution in [-0.4, -0.2) is 35.1 Å². The number of fused-ring (bicyclic) bond motifs is 2. The predicted molar refractivity (Wildman–Crippen MR) is 140 cm³/mol. The molecule has 1 aliphatic heterocycles. The van der Waals surface area contributed by atoms with Gasteiger partial charge in [-0.05, 0) is 69.1 Å². The molecular weight excluding hydrogens is 458 g/mol. The van der Waals surface area contributed by atoms with Gasteiger partial charge in [0.1, 0.15) is 5.58 Å². The standard InChI is InChI=1S/C28H31N3O5/c1-2-3-4-7-15-30-16-13-18(14-17-30)23-24-21-11-8-12-22(24)35-26(32)19-9-5-6-10-20(19)27(33)36-25(23)31(21)28(29)34/h5-6,8-12,18H,2-4,7,13-17H2,1H3,(H2,29,34). The quantitative estimate of drug-likeness (QED) is 0.377. The Labute approximate surface area is 207 Å². The summed E-state index contributed by atoms with van der Waals surface area (Å²) in [5.41, 5.74) is 6.00. The maximum absolute atomic E-state index is 13.3. The van der Waals surface area contributed by atoms with Gasteiger partial charge < -0.3 is 19.5 Å². The third-order valence-electron chi connectivity index (χ3n) is 7.25. The van der Waals surface area contributed by atoms with Gasteiger partial charge in [-0.15, -0.1) is 0 Å². The summed E-state index contributed by atoms with van der Waals surface area (Å²) in [6.45, 7) is 5.08. The van der Waals surface area contributed by atoms with Crippen molar-refractivity contribution in [1.29, 1.82) is 0 Å². The van der Waals surface area contributed by atoms with Crippen LogP contribution in [0.1, 0.15) is 56.9 Å². The summed E-state index contributed by atoms with van der Waals surface area (Å²) in [5, 5.41) is 0.767. The van der Waals surface area contributed by atoms with Gasteiger partial charge >= 0.3 is 17.3 Å². The Kier molecular flexibility index (Phi) is 6.78. The topological polar surface area (TPSA) is 112 Å². The van der Waals surface area contributed by atoms with Crippen LogP contribution in [0.5, 0.6) is 0 Å². The van der Waals surface area contributed by atoms with Crippen LogP contribution in [0, 0.1) is 0 Å². The highest BCUT2D eigenvalue weighted by atomic mass is 16.4. The molecule has 0 saturated carbocycles. The first-order chi connectivity index (χ1) is 17.5. The van der Waals surface area contributed by atoms with E-state index in [2.05, 4.69) is 11.8 Å². The van der Waals surface area contributed by atoms with Crippen LogP contribution < -0.4 is 17.0 Å². The third-order valence-corrected chi connectivity index (χ3v) is 7.25. The van der Waals surface area contributed by atoms with Crippen molar-refractivity contribution in [3.05, 3.63) is 68.9 Å². The number of benzene rings is 2. The fraction of sp³-hybridized carbons (Fsp3) is 0.393. The Morgan fingerprint density at radius 2 is 1.64 bits per heavy atom. The molecule has 4 aromatic rings. The van der Waals surface area contributed by atoms with Crippen molar-refractivity contribution in [3.8, 4) is 0 Å². The minimum Gasteiger partial charge on any atom is -0.422 e. The molecule has 0 spiro atoms. The second-order valence-corrected chi connectivity index (χ2v) is 9.54. The monoisotopic (exact) mass is 489 g/mol. The van der Waals surface area contributed by atoms with E-state index in [4.69, 9.17) is 14.6 Å². The summed E-state index contributed by atoms with van der Waals surface area (Å²) in [6.07, 6.45) is 6.54. The minimum absolute atomic E-state index is 0.0114. The smallest absolute Gasteiger partial charge is 0.345 e. The van der Waals surface area contributed by atoms with E-state index in [-0.39, 0.29) is 22.4 Å². The zero-order valence-electron chi connectivity index (χ0n) is 20.5. The summed E-state index contributed by atoms with van der Waals surface area (Å²) in [5.74, 6) is 0.0114. The van der Waals surface area contributed by atoms with Crippen LogP contribution in [0.25, 0.3) is 33.0 Å². The largest absolute Gasteiger partial charge is 0.422 e. The lowest BCUT2D eigenvalue weighted by atomic mass is 9.88. The fourth-order valence-electron chi connectivity index (χ4n) is 5.44. The number of unbranched alkanes of at least 4 members (excludes halogenated alkanes) is 3. The molecule has 1 aliphatic rings. The Morgan fingerprint density at radius 1 is 0.944 bits per heavy atom. The summed E-state index contributed by atoms with van der Waals surface area (Å²) < 4.78 is 13.0. The van der Waals surface area contributed by atoms with Crippen LogP contribution in [0.15, 0.2) is 60.9 Å². The number of amides is 1. The number of primary amides is 1. The maximum Gasteiger partial charge on any atom is 0.345 e. The number of carbonyl (C=O) groups is 1. The molecular formula is C28H31N3O5. The molecule has 3 heterocycles. The Bertz CT molecular complexity index is 1570. The average molecular weight is 490 g/mol. The molecule has 1 saturated heterocycles. The zero-order chi connectivity index (χ0) is 25.2. The van der Waals surface area contributed by atoms with Crippen LogP contribution in [0.4, 0.5) is 4.79 Å². The van der Waals surface area contributed by atoms with Crippen LogP contribution in [0.2, 0.25) is 0 Å². The van der Waals surface area contributed by atoms with Crippen molar-refractivity contribution in [1.82, 2.24) is 9.47 Å². The second kappa shape index (κ2) is 10.1. The lowest BCUT2D eigenvalue weighted by Gasteiger charge is -2.31. The van der Waals surface area contributed by atoms with Crippen molar-refractivity contribution < 1.29 is 13.6 Å². The van der Waals surface area contributed by atoms with Gasteiger partial charge in [0.2, 0.25) is 5.71 Å². The number of aromatic nitrogens is 1. The maximum atomic E-state index is 13.3. The molecule has 2 aromatic heterocycles. The number of nitrogens with zero attached hydrogens (tertiary/aromatic N) is 2. The summed E-state index contributed by atoms with van der Waals surface area (Å²) in [7, 11) is 0. The van der Waals surface area contributed by atoms with Crippen LogP contribution >= 0.6 is 0 Å². The van der Waals surface area contributed by atoms with Crippen molar-refractivity contribution in [2.45, 2.75) is 51.4 Å². The highest BCUT2D eigenvalue weighted by molar-refractivity contribution is 6.06. The van der Waals surface area contributed by atoms with Crippen molar-refractivity contribution >= 4 is 39.0 Å². The number of rotatable bonds is 6. The molecule has 2 aromatic carbocycles. The molecule has 2 bridgehead atoms. The minimum atomic E-state index is -0.765. The number of nitrogens with two attached hydrogens (primary N) is 1. The van der Waals surface area contributed by atoms with Crippen LogP contribution in [-0.2, 0) is 0 Å². The molecule has 5 rings (SSSR count). The van der Waals surface area contributed by atoms with Crippen molar-refractivity contribution in [3.63, 3.8) is 0 Å². The first-order valence-electron chi connectivity index (χ1n) is 12.7. The van der Waals surface area contributed by atoms with E-state index in [1.54, 1.807) is 30.3 Å². The fourth-order valence-corrected chi connectivity index (χ4v) is 5.44. The van der Waals surface area contributed by atoms with E-state index in [0.29, 0.717) is 22.0 Å². The first kappa shape index (κ1) is 24.1. The molecule has 0 atom stereocenters. The van der Waals surface area contributed by atoms with E-state index in [9.17, 15) is 14.4 Å². The third kappa shape index (κ3) is 4.37. The van der Waals surface area contributed by atoms with Gasteiger partial charge in [-0.1, -0.05) is 44.4 Å². The van der Waals surface area contributed by atoms with Crippen LogP contribution in [0.3, 0.4) is 0 Å². The number of hydrogen-bond donors (Lipinski definition) is 1. The Hall–Kier alpha value is -3.65. The molecule has 1 amide bonds. The SMILES string of the molecule is CCCCCCN1CCC(c2c3c4cccc3n(C(N)=O)c2oc(=O)c2ccccc2c(=O)o4)CC1. The van der Waals surface area contributed by atoms with Crippen molar-refractivity contribution in [2.75, 3.05) is 19.6 Å². The zero-order valence-corrected chi connectivity index (χ0v) is 20.5. The molecule has 0 unspecified atom stereocenters. The van der Waals surface area contributed by atoms with Gasteiger partial charge in [-0.25, -0.2) is 19.0 Å². The van der Waals surface area contributed by atoms with Gasteiger partial charge in [-0.2, -0.15) is 0 Å². The van der Waals surface area contributed by atoms with Gasteiger partial charge in [0.15, 0.2) is 0 Å². The highest BCUT2D eigenvalue weighted by Gasteiger charge is 2.30. The molecule has 0 radical (unpaired) electrons. The molecule has 188 valence electrons. The van der Waals surface area contributed by atoms with E-state index in [1.807, 2.05) is 0 Å². The molecule has 1 fully saturated rings. The highest BCUT2D eigenvalue weighted by Crippen LogP contribution is 2.39. The number of piperidine rings is 1. The summed E-state index contributed by atoms with van der Waals surface area (Å²) in [6, 6.07) is 10.7. The summed E-state index contributed by atoms with van der Waals surface area (Å²) >= 11 is 0. The van der Waals surface area contributed by atoms with E-state index in [1.165, 1.54) is 42.4 Å². The Morgan fingerprint density at radius 3 is 2.31 bits per heavy atom. The van der Waals surface area contributed by atoms with E-state index in [0.717, 1.165) is 32.5 Å². The van der Waals surface area contributed by atoms with Gasteiger partial charge in [0.25, 0.3) is 0 Å². The second-order valence-electron chi connectivity index (χ2n) is 9.54. The van der Waals surface area contributed by atoms with Gasteiger partial charge in [0, 0.05) is 5.56 Å². The van der Waals surface area contributed by atoms with Crippen molar-refractivity contribution in [2.24, 2.45) is 5.73 Å². The predicted octanol–water partition coefficient (Wildman–Crippen LogP) is 5.10. The normalized spacial score (nSPS) is 15.1. The molecule has 8 nitrogen and oxygen atoms in total. The molecule has 36 heavy (non-hydrogen) atoms. The molecule has 2 N–H and O–H groups in total. The lowest BCUT2D eigenvalue weighted by Crippen LogP contribution is -2.33. The van der Waals surface area contributed by atoms with Gasteiger partial charge in [-0.3, -0.25) is 0 Å². The number of likely N-dealkylation sites (tertiary alicyclic amines) is 1. The lowest BCUT2D eigenvalue weighted by molar-refractivity contribution is 0.208. The molecule has 0 aliphatic carbocycles. The number of carbonyl (C=O) groups excluding carboxylic acids is 1. The first-order valence-corrected chi connectivity index (χ1v) is 12.7. The van der Waals surface area contributed by atoms with Gasteiger partial charge in [0.05, 0.1) is 21.7 Å². The van der Waals surface area contributed by atoms with E-state index < -0.39 is 17.3 Å². The summed E-state index contributed by atoms with van der Waals surface area (Å²) in [4.78, 5) is 41.4. The number of hydrogen-bond acceptors (Lipinski definition) is 6. The van der Waals surface area contributed by atoms with E-state index >= 15 is 0 Å². The Balaban J connectivity index is 1.71.